The molecule has 1 fully saturated rings. The Morgan fingerprint density at radius 1 is 1.41 bits per heavy atom. The maximum absolute atomic E-state index is 11.4. The second kappa shape index (κ2) is 5.40. The lowest BCUT2D eigenvalue weighted by molar-refractivity contribution is -0.147. The number of esters is 1. The first-order valence-electron chi connectivity index (χ1n) is 4.78. The number of halogens is 3. The Morgan fingerprint density at radius 3 is 2.41 bits per heavy atom. The van der Waals surface area contributed by atoms with Crippen molar-refractivity contribution in [3.63, 3.8) is 0 Å². The van der Waals surface area contributed by atoms with Crippen LogP contribution in [0.15, 0.2) is 12.1 Å². The second-order valence-electron chi connectivity index (χ2n) is 3.85. The first-order valence-corrected chi connectivity index (χ1v) is 5.53. The molecule has 94 valence electrons. The van der Waals surface area contributed by atoms with Gasteiger partial charge in [-0.05, 0) is 30.5 Å². The van der Waals surface area contributed by atoms with Gasteiger partial charge in [-0.25, -0.2) is 4.98 Å². The van der Waals surface area contributed by atoms with E-state index in [1.807, 2.05) is 0 Å². The number of ether oxygens (including phenoxy) is 1. The molecule has 7 heteroatoms. The van der Waals surface area contributed by atoms with Crippen LogP contribution in [0.5, 0.6) is 0 Å². The van der Waals surface area contributed by atoms with E-state index >= 15 is 0 Å². The van der Waals surface area contributed by atoms with Crippen LogP contribution >= 0.6 is 35.6 Å². The zero-order valence-electron chi connectivity index (χ0n) is 8.78. The fourth-order valence-electron chi connectivity index (χ4n) is 1.23. The number of hydrogen-bond acceptors (Lipinski definition) is 4. The largest absolute Gasteiger partial charge is 0.459 e. The quantitative estimate of drug-likeness (QED) is 0.687. The third-order valence-electron chi connectivity index (χ3n) is 2.39. The summed E-state index contributed by atoms with van der Waals surface area (Å²) in [5.74, 6) is -0.378. The maximum atomic E-state index is 11.4. The molecule has 0 radical (unpaired) electrons. The lowest BCUT2D eigenvalue weighted by Gasteiger charge is -2.09. The monoisotopic (exact) mass is 296 g/mol. The number of nitrogens with two attached hydrogens (primary N) is 1. The summed E-state index contributed by atoms with van der Waals surface area (Å²) < 4.78 is 5.06. The van der Waals surface area contributed by atoms with Gasteiger partial charge in [0.15, 0.2) is 0 Å². The predicted octanol–water partition coefficient (Wildman–Crippen LogP) is 2.34. The summed E-state index contributed by atoms with van der Waals surface area (Å²) >= 11 is 11.4. The Balaban J connectivity index is 0.00000144. The molecule has 1 aliphatic carbocycles. The highest BCUT2D eigenvalue weighted by atomic mass is 35.5. The molecule has 0 aromatic carbocycles. The first kappa shape index (κ1) is 14.5. The molecule has 0 saturated heterocycles. The van der Waals surface area contributed by atoms with Gasteiger partial charge >= 0.3 is 5.97 Å². The van der Waals surface area contributed by atoms with Gasteiger partial charge in [-0.15, -0.1) is 12.4 Å². The molecule has 1 aromatic rings. The molecular formula is C10H11Cl3N2O2. The molecule has 1 aromatic heterocycles. The van der Waals surface area contributed by atoms with Crippen molar-refractivity contribution in [2.75, 3.05) is 0 Å². The minimum absolute atomic E-state index is 0. The first-order chi connectivity index (χ1) is 7.49. The van der Waals surface area contributed by atoms with Crippen molar-refractivity contribution < 1.29 is 9.53 Å². The molecule has 2 rings (SSSR count). The zero-order valence-corrected chi connectivity index (χ0v) is 11.1. The number of hydrogen-bond donors (Lipinski definition) is 1. The molecule has 1 aliphatic rings. The van der Waals surface area contributed by atoms with Gasteiger partial charge in [0.05, 0.1) is 0 Å². The molecule has 0 bridgehead atoms. The molecule has 4 nitrogen and oxygen atoms in total. The van der Waals surface area contributed by atoms with Gasteiger partial charge < -0.3 is 10.5 Å². The smallest absolute Gasteiger partial charge is 0.326 e. The van der Waals surface area contributed by atoms with E-state index in [4.69, 9.17) is 33.7 Å². The van der Waals surface area contributed by atoms with E-state index in [1.165, 1.54) is 0 Å². The predicted molar refractivity (Wildman–Crippen MR) is 67.5 cm³/mol. The number of aromatic nitrogens is 1. The Bertz CT molecular complexity index is 415. The van der Waals surface area contributed by atoms with E-state index in [-0.39, 0.29) is 35.3 Å². The van der Waals surface area contributed by atoms with E-state index < -0.39 is 5.54 Å². The van der Waals surface area contributed by atoms with Crippen LogP contribution in [0.1, 0.15) is 18.4 Å². The van der Waals surface area contributed by atoms with Crippen LogP contribution in [-0.2, 0) is 16.1 Å². The van der Waals surface area contributed by atoms with Crippen molar-refractivity contribution in [2.24, 2.45) is 5.73 Å². The molecule has 0 atom stereocenters. The van der Waals surface area contributed by atoms with E-state index in [0.29, 0.717) is 18.4 Å². The average Bonchev–Trinajstić information content (AvgIpc) is 2.93. The summed E-state index contributed by atoms with van der Waals surface area (Å²) in [7, 11) is 0. The summed E-state index contributed by atoms with van der Waals surface area (Å²) in [6.45, 7) is 0.111. The van der Waals surface area contributed by atoms with E-state index in [9.17, 15) is 4.79 Å². The van der Waals surface area contributed by atoms with Crippen molar-refractivity contribution in [2.45, 2.75) is 25.0 Å². The molecule has 0 aliphatic heterocycles. The van der Waals surface area contributed by atoms with Crippen molar-refractivity contribution in [1.82, 2.24) is 4.98 Å². The highest BCUT2D eigenvalue weighted by Crippen LogP contribution is 2.33. The van der Waals surface area contributed by atoms with Crippen LogP contribution in [0.4, 0.5) is 0 Å². The Morgan fingerprint density at radius 2 is 1.94 bits per heavy atom. The highest BCUT2D eigenvalue weighted by Gasteiger charge is 2.47. The number of carbonyl (C=O) groups is 1. The highest BCUT2D eigenvalue weighted by molar-refractivity contribution is 6.32. The molecule has 17 heavy (non-hydrogen) atoms. The van der Waals surface area contributed by atoms with Crippen molar-refractivity contribution >= 4 is 41.6 Å². The fourth-order valence-corrected chi connectivity index (χ4v) is 1.73. The van der Waals surface area contributed by atoms with Gasteiger partial charge in [0.2, 0.25) is 0 Å². The normalized spacial score (nSPS) is 15.9. The molecule has 1 saturated carbocycles. The number of pyridine rings is 1. The summed E-state index contributed by atoms with van der Waals surface area (Å²) in [5, 5.41) is 0.542. The van der Waals surface area contributed by atoms with E-state index in [1.54, 1.807) is 12.1 Å². The fraction of sp³-hybridized carbons (Fsp3) is 0.400. The lowest BCUT2D eigenvalue weighted by Crippen LogP contribution is -2.34. The van der Waals surface area contributed by atoms with Crippen LogP contribution in [0.2, 0.25) is 10.3 Å². The summed E-state index contributed by atoms with van der Waals surface area (Å²) in [6, 6.07) is 3.19. The second-order valence-corrected chi connectivity index (χ2v) is 4.63. The van der Waals surface area contributed by atoms with Gasteiger partial charge in [-0.2, -0.15) is 0 Å². The van der Waals surface area contributed by atoms with E-state index in [2.05, 4.69) is 4.98 Å². The van der Waals surface area contributed by atoms with Crippen LogP contribution in [-0.4, -0.2) is 16.5 Å². The Labute approximate surface area is 115 Å². The topological polar surface area (TPSA) is 65.2 Å². The number of rotatable bonds is 3. The van der Waals surface area contributed by atoms with Gasteiger partial charge in [0.1, 0.15) is 22.5 Å². The average molecular weight is 298 g/mol. The minimum Gasteiger partial charge on any atom is -0.459 e. The number of carbonyl (C=O) groups excluding carboxylic acids is 1. The minimum atomic E-state index is -0.763. The maximum Gasteiger partial charge on any atom is 0.326 e. The molecule has 1 heterocycles. The molecule has 0 amide bonds. The van der Waals surface area contributed by atoms with E-state index in [0.717, 1.165) is 0 Å². The van der Waals surface area contributed by atoms with Crippen LogP contribution in [0.3, 0.4) is 0 Å². The van der Waals surface area contributed by atoms with Crippen molar-refractivity contribution in [3.05, 3.63) is 28.0 Å². The van der Waals surface area contributed by atoms with Crippen LogP contribution in [0, 0.1) is 0 Å². The van der Waals surface area contributed by atoms with Gasteiger partial charge in [-0.1, -0.05) is 23.2 Å². The third kappa shape index (κ3) is 3.71. The lowest BCUT2D eigenvalue weighted by atomic mass is 10.3. The number of nitrogens with zero attached hydrogens (tertiary/aromatic N) is 1. The summed E-state index contributed by atoms with van der Waals surface area (Å²) in [6.07, 6.45) is 1.37. The Kier molecular flexibility index (Phi) is 4.61. The standard InChI is InChI=1S/C10H10Cl2N2O2.ClH/c11-7-3-6(4-8(12)14-7)5-16-9(15)10(13)1-2-10;/h3-4H,1-2,5,13H2;1H. The van der Waals surface area contributed by atoms with Crippen LogP contribution < -0.4 is 5.73 Å². The third-order valence-corrected chi connectivity index (χ3v) is 2.77. The van der Waals surface area contributed by atoms with Crippen LogP contribution in [0.25, 0.3) is 0 Å². The van der Waals surface area contributed by atoms with Gasteiger partial charge in [0.25, 0.3) is 0 Å². The zero-order chi connectivity index (χ0) is 11.8. The van der Waals surface area contributed by atoms with Crippen molar-refractivity contribution in [3.8, 4) is 0 Å². The van der Waals surface area contributed by atoms with Gasteiger partial charge in [-0.3, -0.25) is 4.79 Å². The Hall–Kier alpha value is -0.550. The summed E-state index contributed by atoms with van der Waals surface area (Å²) in [5.41, 5.74) is 5.61. The molecule has 0 unspecified atom stereocenters. The SMILES string of the molecule is Cl.NC1(C(=O)OCc2cc(Cl)nc(Cl)c2)CC1. The van der Waals surface area contributed by atoms with Gasteiger partial charge in [0, 0.05) is 0 Å². The summed E-state index contributed by atoms with van der Waals surface area (Å²) in [4.78, 5) is 15.2. The molecule has 2 N–H and O–H groups in total. The van der Waals surface area contributed by atoms with Crippen molar-refractivity contribution in [1.29, 1.82) is 0 Å². The molecular weight excluding hydrogens is 286 g/mol. The molecule has 0 spiro atoms.